The number of rotatable bonds is 4. The Labute approximate surface area is 160 Å². The summed E-state index contributed by atoms with van der Waals surface area (Å²) >= 11 is 0. The topological polar surface area (TPSA) is 81.9 Å². The summed E-state index contributed by atoms with van der Waals surface area (Å²) in [5.41, 5.74) is -0.764. The number of aliphatic hydroxyl groups is 1. The normalized spacial score (nSPS) is 25.3. The number of urea groups is 1. The molecule has 1 N–H and O–H groups in total. The van der Waals surface area contributed by atoms with Crippen LogP contribution in [0.25, 0.3) is 0 Å². The first-order valence-corrected chi connectivity index (χ1v) is 9.80. The number of carbonyl (C=O) groups excluding carboxylic acids is 2. The number of hydrogen-bond acceptors (Lipinski definition) is 4. The Kier molecular flexibility index (Phi) is 5.74. The van der Waals surface area contributed by atoms with Crippen LogP contribution in [0.15, 0.2) is 12.4 Å². The van der Waals surface area contributed by atoms with Gasteiger partial charge < -0.3 is 24.4 Å². The van der Waals surface area contributed by atoms with Gasteiger partial charge in [0, 0.05) is 78.0 Å². The van der Waals surface area contributed by atoms with E-state index in [1.165, 1.54) is 0 Å². The zero-order valence-electron chi connectivity index (χ0n) is 16.6. The SMILES string of the molecule is CCc1nccn1CCC(=O)N1CCC2(O)CCN(C(=O)N(C)C)CC2C1. The average Bonchev–Trinajstić information content (AvgIpc) is 3.12. The van der Waals surface area contributed by atoms with Gasteiger partial charge in [0.1, 0.15) is 5.82 Å². The van der Waals surface area contributed by atoms with E-state index in [4.69, 9.17) is 0 Å². The van der Waals surface area contributed by atoms with Gasteiger partial charge in [-0.25, -0.2) is 9.78 Å². The first kappa shape index (κ1) is 19.7. The van der Waals surface area contributed by atoms with Crippen molar-refractivity contribution in [2.24, 2.45) is 5.92 Å². The molecule has 1 aromatic heterocycles. The molecule has 0 spiro atoms. The summed E-state index contributed by atoms with van der Waals surface area (Å²) in [6, 6.07) is -0.0345. The van der Waals surface area contributed by atoms with Crippen LogP contribution in [0, 0.1) is 5.92 Å². The van der Waals surface area contributed by atoms with Crippen molar-refractivity contribution in [2.45, 2.75) is 44.8 Å². The Bertz CT molecular complexity index is 689. The number of aryl methyl sites for hydroxylation is 2. The second-order valence-corrected chi connectivity index (χ2v) is 7.90. The number of carbonyl (C=O) groups is 2. The molecule has 2 unspecified atom stereocenters. The zero-order valence-corrected chi connectivity index (χ0v) is 16.6. The molecule has 3 heterocycles. The lowest BCUT2D eigenvalue weighted by Crippen LogP contribution is -2.62. The maximum atomic E-state index is 12.7. The highest BCUT2D eigenvalue weighted by Gasteiger charge is 2.46. The van der Waals surface area contributed by atoms with Gasteiger partial charge in [0.15, 0.2) is 0 Å². The molecule has 0 bridgehead atoms. The maximum Gasteiger partial charge on any atom is 0.319 e. The number of imidazole rings is 1. The summed E-state index contributed by atoms with van der Waals surface area (Å²) < 4.78 is 2.02. The summed E-state index contributed by atoms with van der Waals surface area (Å²) in [6.07, 6.45) is 6.10. The van der Waals surface area contributed by atoms with Crippen LogP contribution in [0.3, 0.4) is 0 Å². The highest BCUT2D eigenvalue weighted by Crippen LogP contribution is 2.35. The molecule has 27 heavy (non-hydrogen) atoms. The third-order valence-corrected chi connectivity index (χ3v) is 5.96. The molecule has 2 saturated heterocycles. The fourth-order valence-electron chi connectivity index (χ4n) is 4.22. The van der Waals surface area contributed by atoms with Crippen LogP contribution in [0.4, 0.5) is 4.79 Å². The molecule has 3 rings (SSSR count). The van der Waals surface area contributed by atoms with Crippen molar-refractivity contribution in [3.8, 4) is 0 Å². The van der Waals surface area contributed by atoms with Crippen LogP contribution >= 0.6 is 0 Å². The number of amides is 3. The Balaban J connectivity index is 1.59. The van der Waals surface area contributed by atoms with Gasteiger partial charge in [-0.15, -0.1) is 0 Å². The number of hydrogen-bond donors (Lipinski definition) is 1. The molecule has 8 nitrogen and oxygen atoms in total. The van der Waals surface area contributed by atoms with Crippen LogP contribution in [-0.2, 0) is 17.8 Å². The summed E-state index contributed by atoms with van der Waals surface area (Å²) in [6.45, 7) is 4.83. The largest absolute Gasteiger partial charge is 0.389 e. The maximum absolute atomic E-state index is 12.7. The molecule has 1 aromatic rings. The molecule has 0 saturated carbocycles. The number of likely N-dealkylation sites (tertiary alicyclic amines) is 2. The van der Waals surface area contributed by atoms with E-state index in [9.17, 15) is 14.7 Å². The predicted molar refractivity (Wildman–Crippen MR) is 101 cm³/mol. The second-order valence-electron chi connectivity index (χ2n) is 7.90. The quantitative estimate of drug-likeness (QED) is 0.842. The van der Waals surface area contributed by atoms with E-state index in [-0.39, 0.29) is 17.9 Å². The molecular weight excluding hydrogens is 346 g/mol. The summed E-state index contributed by atoms with van der Waals surface area (Å²) in [5.74, 6) is 0.997. The van der Waals surface area contributed by atoms with Crippen LogP contribution in [0.5, 0.6) is 0 Å². The molecule has 2 aliphatic heterocycles. The zero-order chi connectivity index (χ0) is 19.6. The third-order valence-electron chi connectivity index (χ3n) is 5.96. The smallest absolute Gasteiger partial charge is 0.319 e. The monoisotopic (exact) mass is 377 g/mol. The van der Waals surface area contributed by atoms with Gasteiger partial charge in [-0.05, 0) is 12.8 Å². The molecule has 150 valence electrons. The van der Waals surface area contributed by atoms with Gasteiger partial charge in [0.2, 0.25) is 5.91 Å². The molecule has 3 amide bonds. The van der Waals surface area contributed by atoms with Crippen molar-refractivity contribution < 1.29 is 14.7 Å². The van der Waals surface area contributed by atoms with Crippen molar-refractivity contribution in [2.75, 3.05) is 40.3 Å². The molecular formula is C19H31N5O3. The Morgan fingerprint density at radius 3 is 2.59 bits per heavy atom. The molecule has 2 aliphatic rings. The lowest BCUT2D eigenvalue weighted by Gasteiger charge is -2.50. The number of piperidine rings is 2. The van der Waals surface area contributed by atoms with Gasteiger partial charge in [0.05, 0.1) is 5.60 Å². The number of aromatic nitrogens is 2. The van der Waals surface area contributed by atoms with Crippen LogP contribution in [0.1, 0.15) is 32.0 Å². The fourth-order valence-corrected chi connectivity index (χ4v) is 4.22. The van der Waals surface area contributed by atoms with Crippen molar-refractivity contribution in [3.63, 3.8) is 0 Å². The molecule has 2 atom stereocenters. The van der Waals surface area contributed by atoms with Gasteiger partial charge >= 0.3 is 6.03 Å². The molecule has 0 aliphatic carbocycles. The fraction of sp³-hybridized carbons (Fsp3) is 0.737. The standard InChI is InChI=1S/C19H31N5O3/c1-4-16-20-8-12-22(16)9-5-17(25)23-10-6-19(27)7-11-24(14-15(19)13-23)18(26)21(2)3/h8,12,15,27H,4-7,9-11,13-14H2,1-3H3. The molecule has 0 aromatic carbocycles. The molecule has 8 heteroatoms. The lowest BCUT2D eigenvalue weighted by molar-refractivity contribution is -0.145. The van der Waals surface area contributed by atoms with Gasteiger partial charge in [0.25, 0.3) is 0 Å². The Hall–Kier alpha value is -2.09. The highest BCUT2D eigenvalue weighted by atomic mass is 16.3. The molecule has 2 fully saturated rings. The minimum Gasteiger partial charge on any atom is -0.389 e. The van der Waals surface area contributed by atoms with Gasteiger partial charge in [-0.2, -0.15) is 0 Å². The van der Waals surface area contributed by atoms with Crippen LogP contribution < -0.4 is 0 Å². The van der Waals surface area contributed by atoms with E-state index >= 15 is 0 Å². The highest BCUT2D eigenvalue weighted by molar-refractivity contribution is 5.76. The summed E-state index contributed by atoms with van der Waals surface area (Å²) in [7, 11) is 3.47. The predicted octanol–water partition coefficient (Wildman–Crippen LogP) is 0.803. The van der Waals surface area contributed by atoms with Gasteiger partial charge in [-0.3, -0.25) is 4.79 Å². The minimum absolute atomic E-state index is 0.0345. The third kappa shape index (κ3) is 4.10. The minimum atomic E-state index is -0.764. The first-order valence-electron chi connectivity index (χ1n) is 9.80. The van der Waals surface area contributed by atoms with Crippen molar-refractivity contribution in [1.29, 1.82) is 0 Å². The van der Waals surface area contributed by atoms with E-state index in [1.807, 2.05) is 15.7 Å². The van der Waals surface area contributed by atoms with E-state index in [1.54, 1.807) is 30.1 Å². The van der Waals surface area contributed by atoms with Gasteiger partial charge in [-0.1, -0.05) is 6.92 Å². The summed E-state index contributed by atoms with van der Waals surface area (Å²) in [4.78, 5) is 34.5. The van der Waals surface area contributed by atoms with Crippen LogP contribution in [-0.4, -0.2) is 87.2 Å². The lowest BCUT2D eigenvalue weighted by atomic mass is 9.75. The molecule has 0 radical (unpaired) electrons. The van der Waals surface area contributed by atoms with Crippen molar-refractivity contribution in [3.05, 3.63) is 18.2 Å². The second kappa shape index (κ2) is 7.88. The van der Waals surface area contributed by atoms with E-state index in [2.05, 4.69) is 11.9 Å². The Morgan fingerprint density at radius 1 is 1.26 bits per heavy atom. The van der Waals surface area contributed by atoms with Crippen molar-refractivity contribution >= 4 is 11.9 Å². The van der Waals surface area contributed by atoms with E-state index in [0.717, 1.165) is 12.2 Å². The summed E-state index contributed by atoms with van der Waals surface area (Å²) in [5, 5.41) is 11.0. The van der Waals surface area contributed by atoms with Crippen molar-refractivity contribution in [1.82, 2.24) is 24.3 Å². The van der Waals surface area contributed by atoms with E-state index in [0.29, 0.717) is 52.0 Å². The van der Waals surface area contributed by atoms with E-state index < -0.39 is 5.60 Å². The number of fused-ring (bicyclic) bond motifs is 1. The van der Waals surface area contributed by atoms with Crippen LogP contribution in [0.2, 0.25) is 0 Å². The first-order chi connectivity index (χ1) is 12.8. The Morgan fingerprint density at radius 2 is 1.93 bits per heavy atom. The number of nitrogens with zero attached hydrogens (tertiary/aromatic N) is 5. The average molecular weight is 377 g/mol.